The number of carboxylic acid groups (broad SMARTS) is 1. The molecule has 4 nitrogen and oxygen atoms in total. The average molecular weight is 309 g/mol. The molecule has 7 heteroatoms. The van der Waals surface area contributed by atoms with Gasteiger partial charge < -0.3 is 10.4 Å². The van der Waals surface area contributed by atoms with Gasteiger partial charge in [-0.1, -0.05) is 6.07 Å². The van der Waals surface area contributed by atoms with Crippen molar-refractivity contribution in [3.8, 4) is 0 Å². The van der Waals surface area contributed by atoms with Crippen molar-refractivity contribution in [2.75, 3.05) is 5.32 Å². The van der Waals surface area contributed by atoms with Crippen LogP contribution in [0.5, 0.6) is 0 Å². The molecule has 1 aromatic carbocycles. The fourth-order valence-corrected chi connectivity index (χ4v) is 2.31. The molecule has 2 aromatic rings. The average Bonchev–Trinajstić information content (AvgIpc) is 2.90. The third-order valence-electron chi connectivity index (χ3n) is 2.44. The molecule has 21 heavy (non-hydrogen) atoms. The number of anilines is 1. The molecule has 0 unspecified atom stereocenters. The van der Waals surface area contributed by atoms with Crippen LogP contribution in [0.2, 0.25) is 0 Å². The van der Waals surface area contributed by atoms with Crippen LogP contribution < -0.4 is 5.32 Å². The van der Waals surface area contributed by atoms with Crippen molar-refractivity contribution in [1.82, 2.24) is 0 Å². The Morgan fingerprint density at radius 3 is 2.67 bits per heavy atom. The molecule has 0 bridgehead atoms. The lowest BCUT2D eigenvalue weighted by atomic mass is 10.3. The van der Waals surface area contributed by atoms with Gasteiger partial charge in [-0.2, -0.15) is 0 Å². The molecule has 0 aliphatic rings. The molecular formula is C14H9F2NO3S. The molecule has 0 fully saturated rings. The number of hydrogen-bond donors (Lipinski definition) is 2. The first-order valence-electron chi connectivity index (χ1n) is 5.73. The van der Waals surface area contributed by atoms with Crippen LogP contribution in [-0.2, 0) is 4.79 Å². The minimum Gasteiger partial charge on any atom is -0.478 e. The normalized spacial score (nSPS) is 10.8. The highest BCUT2D eigenvalue weighted by atomic mass is 32.1. The van der Waals surface area contributed by atoms with Gasteiger partial charge in [-0.15, -0.1) is 11.3 Å². The van der Waals surface area contributed by atoms with E-state index in [9.17, 15) is 18.4 Å². The maximum Gasteiger partial charge on any atom is 0.328 e. The zero-order valence-electron chi connectivity index (χ0n) is 10.5. The molecule has 0 atom stereocenters. The summed E-state index contributed by atoms with van der Waals surface area (Å²) in [7, 11) is 0. The van der Waals surface area contributed by atoms with E-state index in [0.717, 1.165) is 23.5 Å². The fourth-order valence-electron chi connectivity index (χ4n) is 1.50. The first-order valence-corrected chi connectivity index (χ1v) is 6.55. The largest absolute Gasteiger partial charge is 0.478 e. The number of carbonyl (C=O) groups excluding carboxylic acids is 1. The van der Waals surface area contributed by atoms with Gasteiger partial charge in [0.15, 0.2) is 11.6 Å². The van der Waals surface area contributed by atoms with E-state index in [1.165, 1.54) is 24.3 Å². The third-order valence-corrected chi connectivity index (χ3v) is 3.49. The number of rotatable bonds is 4. The van der Waals surface area contributed by atoms with E-state index in [1.807, 2.05) is 0 Å². The molecule has 0 spiro atoms. The predicted octanol–water partition coefficient (Wildman–Crippen LogP) is 3.38. The van der Waals surface area contributed by atoms with Crippen molar-refractivity contribution in [2.24, 2.45) is 0 Å². The lowest BCUT2D eigenvalue weighted by Gasteiger charge is -2.05. The van der Waals surface area contributed by atoms with Crippen LogP contribution in [0.25, 0.3) is 6.08 Å². The Balaban J connectivity index is 2.14. The number of benzene rings is 1. The number of nitrogens with one attached hydrogen (secondary N) is 1. The molecular weight excluding hydrogens is 300 g/mol. The lowest BCUT2D eigenvalue weighted by molar-refractivity contribution is -0.131. The summed E-state index contributed by atoms with van der Waals surface area (Å²) in [6.45, 7) is 0. The van der Waals surface area contributed by atoms with Crippen LogP contribution in [0.1, 0.15) is 14.5 Å². The zero-order chi connectivity index (χ0) is 15.4. The summed E-state index contributed by atoms with van der Waals surface area (Å²) in [5.74, 6) is -3.88. The monoisotopic (exact) mass is 309 g/mol. The van der Waals surface area contributed by atoms with Crippen LogP contribution in [0.15, 0.2) is 36.4 Å². The summed E-state index contributed by atoms with van der Waals surface area (Å²) < 4.78 is 26.5. The quantitative estimate of drug-likeness (QED) is 0.851. The molecule has 2 rings (SSSR count). The van der Waals surface area contributed by atoms with Crippen molar-refractivity contribution in [3.05, 3.63) is 57.8 Å². The molecule has 0 saturated heterocycles. The Morgan fingerprint density at radius 2 is 1.95 bits per heavy atom. The van der Waals surface area contributed by atoms with Crippen molar-refractivity contribution >= 4 is 35.0 Å². The van der Waals surface area contributed by atoms with Crippen LogP contribution in [0.3, 0.4) is 0 Å². The van der Waals surface area contributed by atoms with E-state index in [-0.39, 0.29) is 10.6 Å². The number of aliphatic carboxylic acids is 1. The molecule has 0 aliphatic heterocycles. The van der Waals surface area contributed by atoms with Crippen LogP contribution >= 0.6 is 11.3 Å². The number of halogens is 2. The van der Waals surface area contributed by atoms with E-state index >= 15 is 0 Å². The van der Waals surface area contributed by atoms with E-state index in [4.69, 9.17) is 5.11 Å². The Morgan fingerprint density at radius 1 is 1.19 bits per heavy atom. The topological polar surface area (TPSA) is 66.4 Å². The van der Waals surface area contributed by atoms with Crippen LogP contribution in [-0.4, -0.2) is 17.0 Å². The maximum atomic E-state index is 13.4. The van der Waals surface area contributed by atoms with E-state index in [0.29, 0.717) is 4.88 Å². The molecule has 108 valence electrons. The summed E-state index contributed by atoms with van der Waals surface area (Å²) in [4.78, 5) is 23.1. The minimum atomic E-state index is -1.13. The van der Waals surface area contributed by atoms with Crippen LogP contribution in [0, 0.1) is 11.6 Å². The summed E-state index contributed by atoms with van der Waals surface area (Å²) >= 11 is 1.03. The standard InChI is InChI=1S/C14H9F2NO3S/c15-9-2-1-3-10(13(9)16)17-14(20)11-6-4-8(21-11)5-7-12(18)19/h1-7H,(H,17,20)(H,18,19). The Bertz CT molecular complexity index is 725. The first kappa shape index (κ1) is 14.9. The Kier molecular flexibility index (Phi) is 4.44. The van der Waals surface area contributed by atoms with Gasteiger partial charge in [0.1, 0.15) is 0 Å². The second-order valence-corrected chi connectivity index (χ2v) is 5.04. The number of carboxylic acids is 1. The van der Waals surface area contributed by atoms with E-state index < -0.39 is 23.5 Å². The van der Waals surface area contributed by atoms with Gasteiger partial charge in [-0.25, -0.2) is 13.6 Å². The van der Waals surface area contributed by atoms with Crippen molar-refractivity contribution in [2.45, 2.75) is 0 Å². The third kappa shape index (κ3) is 3.73. The Hall–Kier alpha value is -2.54. The lowest BCUT2D eigenvalue weighted by Crippen LogP contribution is -2.11. The van der Waals surface area contributed by atoms with Crippen molar-refractivity contribution in [1.29, 1.82) is 0 Å². The minimum absolute atomic E-state index is 0.253. The molecule has 1 heterocycles. The smallest absolute Gasteiger partial charge is 0.328 e. The molecule has 2 N–H and O–H groups in total. The highest BCUT2D eigenvalue weighted by Crippen LogP contribution is 2.21. The van der Waals surface area contributed by atoms with Gasteiger partial charge in [-0.05, 0) is 30.3 Å². The van der Waals surface area contributed by atoms with Gasteiger partial charge in [0, 0.05) is 11.0 Å². The number of hydrogen-bond acceptors (Lipinski definition) is 3. The second-order valence-electron chi connectivity index (χ2n) is 3.93. The van der Waals surface area contributed by atoms with Crippen LogP contribution in [0.4, 0.5) is 14.5 Å². The van der Waals surface area contributed by atoms with Gasteiger partial charge in [0.05, 0.1) is 10.6 Å². The summed E-state index contributed by atoms with van der Waals surface area (Å²) in [6, 6.07) is 6.50. The Labute approximate surface area is 122 Å². The van der Waals surface area contributed by atoms with Gasteiger partial charge in [0.25, 0.3) is 5.91 Å². The molecule has 1 amide bonds. The van der Waals surface area contributed by atoms with Crippen molar-refractivity contribution in [3.63, 3.8) is 0 Å². The zero-order valence-corrected chi connectivity index (χ0v) is 11.3. The predicted molar refractivity (Wildman–Crippen MR) is 75.3 cm³/mol. The summed E-state index contributed by atoms with van der Waals surface area (Å²) in [6.07, 6.45) is 2.28. The maximum absolute atomic E-state index is 13.4. The van der Waals surface area contributed by atoms with Crippen molar-refractivity contribution < 1.29 is 23.5 Å². The van der Waals surface area contributed by atoms with E-state index in [2.05, 4.69) is 5.32 Å². The SMILES string of the molecule is O=C(O)C=Cc1ccc(C(=O)Nc2cccc(F)c2F)s1. The summed E-state index contributed by atoms with van der Waals surface area (Å²) in [5.41, 5.74) is -0.254. The second kappa shape index (κ2) is 6.27. The van der Waals surface area contributed by atoms with Gasteiger partial charge >= 0.3 is 5.97 Å². The number of thiophene rings is 1. The fraction of sp³-hybridized carbons (Fsp3) is 0. The molecule has 1 aromatic heterocycles. The van der Waals surface area contributed by atoms with E-state index in [1.54, 1.807) is 6.07 Å². The molecule has 0 aliphatic carbocycles. The highest BCUT2D eigenvalue weighted by Gasteiger charge is 2.13. The number of carbonyl (C=O) groups is 2. The van der Waals surface area contributed by atoms with Gasteiger partial charge in [0.2, 0.25) is 0 Å². The first-order chi connectivity index (χ1) is 9.97. The van der Waals surface area contributed by atoms with Gasteiger partial charge in [-0.3, -0.25) is 4.79 Å². The molecule has 0 saturated carbocycles. The number of amides is 1. The summed E-state index contributed by atoms with van der Waals surface area (Å²) in [5, 5.41) is 10.8. The highest BCUT2D eigenvalue weighted by molar-refractivity contribution is 7.15. The molecule has 0 radical (unpaired) electrons.